The minimum atomic E-state index is -3.62. The monoisotopic (exact) mass is 454 g/mol. The predicted octanol–water partition coefficient (Wildman–Crippen LogP) is 3.10. The average molecular weight is 455 g/mol. The first-order valence-corrected chi connectivity index (χ1v) is 12.0. The van der Waals surface area contributed by atoms with Crippen LogP contribution in [0.4, 0.5) is 0 Å². The van der Waals surface area contributed by atoms with Gasteiger partial charge in [0.25, 0.3) is 0 Å². The van der Waals surface area contributed by atoms with Crippen LogP contribution in [0, 0.1) is 12.8 Å². The second-order valence-electron chi connectivity index (χ2n) is 8.09. The molecule has 0 unspecified atom stereocenters. The van der Waals surface area contributed by atoms with E-state index in [2.05, 4.69) is 10.1 Å². The van der Waals surface area contributed by atoms with E-state index < -0.39 is 15.9 Å². The molecule has 1 saturated heterocycles. The van der Waals surface area contributed by atoms with Gasteiger partial charge in [-0.05, 0) is 31.9 Å². The third-order valence-corrected chi connectivity index (χ3v) is 7.52. The summed E-state index contributed by atoms with van der Waals surface area (Å²) in [6.07, 6.45) is 1.27. The van der Waals surface area contributed by atoms with E-state index in [0.717, 1.165) is 11.1 Å². The lowest BCUT2D eigenvalue weighted by molar-refractivity contribution is -0.136. The highest BCUT2D eigenvalue weighted by atomic mass is 32.2. The maximum Gasteiger partial charge on any atom is 0.246 e. The summed E-state index contributed by atoms with van der Waals surface area (Å²) in [5, 5.41) is 4.01. The molecule has 168 valence electrons. The fourth-order valence-corrected chi connectivity index (χ4v) is 5.38. The molecule has 1 aromatic heterocycles. The van der Waals surface area contributed by atoms with Crippen molar-refractivity contribution < 1.29 is 17.7 Å². The van der Waals surface area contributed by atoms with Gasteiger partial charge in [0.1, 0.15) is 0 Å². The van der Waals surface area contributed by atoms with Gasteiger partial charge in [-0.1, -0.05) is 53.2 Å². The second-order valence-corrected chi connectivity index (χ2v) is 10.0. The van der Waals surface area contributed by atoms with E-state index in [9.17, 15) is 13.2 Å². The number of carbonyl (C=O) groups excluding carboxylic acids is 1. The van der Waals surface area contributed by atoms with Crippen LogP contribution in [0.1, 0.15) is 24.3 Å². The number of carbonyl (C=O) groups is 1. The van der Waals surface area contributed by atoms with Crippen LogP contribution in [0.5, 0.6) is 0 Å². The van der Waals surface area contributed by atoms with E-state index in [1.54, 1.807) is 37.4 Å². The third kappa shape index (κ3) is 4.73. The Morgan fingerprint density at radius 1 is 1.16 bits per heavy atom. The van der Waals surface area contributed by atoms with Crippen molar-refractivity contribution in [2.24, 2.45) is 5.92 Å². The molecule has 32 heavy (non-hydrogen) atoms. The Labute approximate surface area is 187 Å². The Morgan fingerprint density at radius 3 is 2.59 bits per heavy atom. The molecule has 0 saturated carbocycles. The molecule has 0 aliphatic carbocycles. The molecule has 1 aliphatic rings. The summed E-state index contributed by atoms with van der Waals surface area (Å²) >= 11 is 0. The standard InChI is InChI=1S/C23H26N4O4S/c1-17-10-12-18(13-11-17)22-24-21(31-25-22)16-26(2)23(28)19-7-6-14-27(15-19)32(29,30)20-8-4-3-5-9-20/h3-5,8-13,19H,6-7,14-16H2,1-2H3/t19-/m1/s1. The van der Waals surface area contributed by atoms with Gasteiger partial charge >= 0.3 is 0 Å². The Morgan fingerprint density at radius 2 is 1.88 bits per heavy atom. The van der Waals surface area contributed by atoms with E-state index in [4.69, 9.17) is 4.52 Å². The van der Waals surface area contributed by atoms with Crippen molar-refractivity contribution in [2.75, 3.05) is 20.1 Å². The number of hydrogen-bond acceptors (Lipinski definition) is 6. The summed E-state index contributed by atoms with van der Waals surface area (Å²) in [4.78, 5) is 19.2. The highest BCUT2D eigenvalue weighted by molar-refractivity contribution is 7.89. The van der Waals surface area contributed by atoms with Gasteiger partial charge in [-0.25, -0.2) is 8.42 Å². The number of piperidine rings is 1. The van der Waals surface area contributed by atoms with Crippen LogP contribution in [-0.2, 0) is 21.4 Å². The molecule has 1 amide bonds. The van der Waals surface area contributed by atoms with Crippen LogP contribution in [-0.4, -0.2) is 53.8 Å². The molecule has 0 bridgehead atoms. The van der Waals surface area contributed by atoms with E-state index in [-0.39, 0.29) is 23.9 Å². The van der Waals surface area contributed by atoms with Crippen molar-refractivity contribution in [3.8, 4) is 11.4 Å². The Hall–Kier alpha value is -3.04. The van der Waals surface area contributed by atoms with Gasteiger partial charge in [0.2, 0.25) is 27.6 Å². The number of sulfonamides is 1. The summed E-state index contributed by atoms with van der Waals surface area (Å²) in [5.41, 5.74) is 1.98. The maximum atomic E-state index is 13.0. The van der Waals surface area contributed by atoms with Crippen LogP contribution in [0.25, 0.3) is 11.4 Å². The Balaban J connectivity index is 1.41. The van der Waals surface area contributed by atoms with Gasteiger partial charge in [0, 0.05) is 25.7 Å². The smallest absolute Gasteiger partial charge is 0.246 e. The van der Waals surface area contributed by atoms with E-state index in [0.29, 0.717) is 31.1 Å². The van der Waals surface area contributed by atoms with Gasteiger partial charge in [0.15, 0.2) is 0 Å². The lowest BCUT2D eigenvalue weighted by Gasteiger charge is -2.33. The zero-order valence-corrected chi connectivity index (χ0v) is 19.0. The number of amides is 1. The summed E-state index contributed by atoms with van der Waals surface area (Å²) < 4.78 is 32.6. The summed E-state index contributed by atoms with van der Waals surface area (Å²) in [5.74, 6) is 0.263. The SMILES string of the molecule is Cc1ccc(-c2noc(CN(C)C(=O)[C@@H]3CCCN(S(=O)(=O)c4ccccc4)C3)n2)cc1. The number of aromatic nitrogens is 2. The van der Waals surface area contributed by atoms with Gasteiger partial charge < -0.3 is 9.42 Å². The van der Waals surface area contributed by atoms with Crippen molar-refractivity contribution in [3.05, 3.63) is 66.1 Å². The first-order valence-electron chi connectivity index (χ1n) is 10.5. The minimum absolute atomic E-state index is 0.131. The topological polar surface area (TPSA) is 96.6 Å². The fourth-order valence-electron chi connectivity index (χ4n) is 3.84. The van der Waals surface area contributed by atoms with Crippen molar-refractivity contribution in [3.63, 3.8) is 0 Å². The quantitative estimate of drug-likeness (QED) is 0.568. The van der Waals surface area contributed by atoms with E-state index >= 15 is 0 Å². The third-order valence-electron chi connectivity index (χ3n) is 5.64. The van der Waals surface area contributed by atoms with Crippen molar-refractivity contribution in [1.82, 2.24) is 19.3 Å². The largest absolute Gasteiger partial charge is 0.337 e. The minimum Gasteiger partial charge on any atom is -0.337 e. The number of rotatable bonds is 6. The van der Waals surface area contributed by atoms with Crippen LogP contribution in [0.3, 0.4) is 0 Å². The second kappa shape index (κ2) is 9.22. The molecule has 2 aromatic carbocycles. The number of nitrogens with zero attached hydrogens (tertiary/aromatic N) is 4. The summed E-state index contributed by atoms with van der Waals surface area (Å²) in [6, 6.07) is 16.1. The van der Waals surface area contributed by atoms with Gasteiger partial charge in [-0.2, -0.15) is 9.29 Å². The molecule has 1 fully saturated rings. The highest BCUT2D eigenvalue weighted by Crippen LogP contribution is 2.25. The van der Waals surface area contributed by atoms with Crippen LogP contribution in [0.15, 0.2) is 64.0 Å². The molecule has 1 aliphatic heterocycles. The molecule has 9 heteroatoms. The molecule has 0 spiro atoms. The lowest BCUT2D eigenvalue weighted by atomic mass is 9.98. The highest BCUT2D eigenvalue weighted by Gasteiger charge is 2.34. The molecule has 0 N–H and O–H groups in total. The van der Waals surface area contributed by atoms with E-state index in [1.807, 2.05) is 31.2 Å². The molecular weight excluding hydrogens is 428 g/mol. The van der Waals surface area contributed by atoms with Gasteiger partial charge in [-0.3, -0.25) is 4.79 Å². The maximum absolute atomic E-state index is 13.0. The fraction of sp³-hybridized carbons (Fsp3) is 0.348. The molecule has 4 rings (SSSR count). The van der Waals surface area contributed by atoms with Gasteiger partial charge in [-0.15, -0.1) is 0 Å². The Kier molecular flexibility index (Phi) is 6.38. The molecule has 1 atom stereocenters. The molecule has 2 heterocycles. The zero-order valence-electron chi connectivity index (χ0n) is 18.1. The molecular formula is C23H26N4O4S. The molecule has 3 aromatic rings. The van der Waals surface area contributed by atoms with Gasteiger partial charge in [0.05, 0.1) is 17.4 Å². The van der Waals surface area contributed by atoms with E-state index in [1.165, 1.54) is 9.21 Å². The summed E-state index contributed by atoms with van der Waals surface area (Å²) in [6.45, 7) is 2.75. The number of hydrogen-bond donors (Lipinski definition) is 0. The summed E-state index contributed by atoms with van der Waals surface area (Å²) in [7, 11) is -1.95. The number of aryl methyl sites for hydroxylation is 1. The molecule has 0 radical (unpaired) electrons. The average Bonchev–Trinajstić information content (AvgIpc) is 3.28. The zero-order chi connectivity index (χ0) is 22.7. The van der Waals surface area contributed by atoms with Crippen LogP contribution >= 0.6 is 0 Å². The normalized spacial score (nSPS) is 17.2. The van der Waals surface area contributed by atoms with Crippen molar-refractivity contribution in [1.29, 1.82) is 0 Å². The first-order chi connectivity index (χ1) is 15.3. The number of benzene rings is 2. The lowest BCUT2D eigenvalue weighted by Crippen LogP contribution is -2.45. The van der Waals surface area contributed by atoms with Crippen molar-refractivity contribution in [2.45, 2.75) is 31.2 Å². The Bertz CT molecular complexity index is 1180. The van der Waals surface area contributed by atoms with Crippen LogP contribution < -0.4 is 0 Å². The first kappa shape index (κ1) is 22.2. The van der Waals surface area contributed by atoms with Crippen LogP contribution in [0.2, 0.25) is 0 Å². The predicted molar refractivity (Wildman–Crippen MR) is 119 cm³/mol. The van der Waals surface area contributed by atoms with Crippen molar-refractivity contribution >= 4 is 15.9 Å². The molecule has 8 nitrogen and oxygen atoms in total.